The molecular weight excluding hydrogens is 517 g/mol. The maximum Gasteiger partial charge on any atom is 0.332 e. The van der Waals surface area contributed by atoms with Gasteiger partial charge in [-0.05, 0) is 78.6 Å². The zero-order valence-corrected chi connectivity index (χ0v) is 22.7. The van der Waals surface area contributed by atoms with Gasteiger partial charge in [0.1, 0.15) is 17.4 Å². The molecule has 2 aromatic heterocycles. The van der Waals surface area contributed by atoms with Crippen LogP contribution < -0.4 is 16.3 Å². The van der Waals surface area contributed by atoms with Crippen molar-refractivity contribution in [2.24, 2.45) is 24.6 Å². The molecule has 2 aromatic carbocycles. The summed E-state index contributed by atoms with van der Waals surface area (Å²) in [6, 6.07) is 11.3. The Hall–Kier alpha value is -3.62. The predicted octanol–water partition coefficient (Wildman–Crippen LogP) is 5.36. The average Bonchev–Trinajstić information content (AvgIpc) is 3.31. The third-order valence-corrected chi connectivity index (χ3v) is 9.10. The van der Waals surface area contributed by atoms with Gasteiger partial charge in [0.2, 0.25) is 0 Å². The topological polar surface area (TPSA) is 89.3 Å². The molecule has 0 spiro atoms. The molecule has 4 aromatic rings. The molecule has 1 aliphatic heterocycles. The number of hydrogen-bond acceptors (Lipinski definition) is 5. The van der Waals surface area contributed by atoms with Gasteiger partial charge in [-0.2, -0.15) is 0 Å². The van der Waals surface area contributed by atoms with E-state index in [0.717, 1.165) is 38.2 Å². The van der Waals surface area contributed by atoms with Gasteiger partial charge >= 0.3 is 5.69 Å². The molecular formula is C30H31ClFN5O2. The van der Waals surface area contributed by atoms with Crippen molar-refractivity contribution in [3.8, 4) is 33.7 Å². The van der Waals surface area contributed by atoms with E-state index in [2.05, 4.69) is 16.8 Å². The van der Waals surface area contributed by atoms with Gasteiger partial charge in [0.25, 0.3) is 0 Å². The van der Waals surface area contributed by atoms with Crippen LogP contribution in [0.2, 0.25) is 5.02 Å². The van der Waals surface area contributed by atoms with Crippen LogP contribution in [0.5, 0.6) is 5.75 Å². The Morgan fingerprint density at radius 3 is 2.33 bits per heavy atom. The molecule has 202 valence electrons. The number of aryl methyl sites for hydroxylation is 1. The number of phenols is 1. The van der Waals surface area contributed by atoms with Gasteiger partial charge in [0, 0.05) is 55.4 Å². The van der Waals surface area contributed by atoms with Crippen LogP contribution in [0.15, 0.2) is 65.8 Å². The van der Waals surface area contributed by atoms with Crippen molar-refractivity contribution in [3.05, 3.63) is 82.4 Å². The Bertz CT molecular complexity index is 1620. The molecule has 1 saturated carbocycles. The normalized spacial score (nSPS) is 22.4. The van der Waals surface area contributed by atoms with E-state index in [1.807, 2.05) is 6.07 Å². The van der Waals surface area contributed by atoms with E-state index in [0.29, 0.717) is 44.8 Å². The molecule has 6 rings (SSSR count). The molecule has 2 atom stereocenters. The summed E-state index contributed by atoms with van der Waals surface area (Å²) in [6.45, 7) is 3.85. The first-order valence-electron chi connectivity index (χ1n) is 13.3. The molecule has 9 heteroatoms. The van der Waals surface area contributed by atoms with Gasteiger partial charge in [-0.3, -0.25) is 4.57 Å². The summed E-state index contributed by atoms with van der Waals surface area (Å²) in [5.41, 5.74) is 8.83. The van der Waals surface area contributed by atoms with Gasteiger partial charge in [0.05, 0.1) is 10.7 Å². The second kappa shape index (κ2) is 9.54. The van der Waals surface area contributed by atoms with E-state index >= 15 is 0 Å². The number of imidazole rings is 1. The highest BCUT2D eigenvalue weighted by molar-refractivity contribution is 6.32. The molecule has 2 aliphatic rings. The SMILES string of the molecule is CCC1(N)C2CCC1CN(c1cc(-c3cc(F)cc(-c4ccc(-n5ccn(C)c5=O)c(Cl)c4)c3O)ccn1)C2. The van der Waals surface area contributed by atoms with Crippen LogP contribution in [-0.4, -0.2) is 37.9 Å². The summed E-state index contributed by atoms with van der Waals surface area (Å²) in [6.07, 6.45) is 8.19. The largest absolute Gasteiger partial charge is 0.507 e. The molecule has 0 amide bonds. The number of fused-ring (bicyclic) bond motifs is 2. The lowest BCUT2D eigenvalue weighted by Crippen LogP contribution is -2.59. The van der Waals surface area contributed by atoms with Gasteiger partial charge in [0.15, 0.2) is 0 Å². The highest BCUT2D eigenvalue weighted by Crippen LogP contribution is 2.47. The summed E-state index contributed by atoms with van der Waals surface area (Å²) in [4.78, 5) is 19.3. The van der Waals surface area contributed by atoms with Crippen molar-refractivity contribution in [3.63, 3.8) is 0 Å². The van der Waals surface area contributed by atoms with Crippen LogP contribution in [0, 0.1) is 17.7 Å². The fourth-order valence-electron chi connectivity index (χ4n) is 6.48. The molecule has 39 heavy (non-hydrogen) atoms. The minimum atomic E-state index is -0.484. The molecule has 2 bridgehead atoms. The zero-order chi connectivity index (χ0) is 27.5. The lowest BCUT2D eigenvalue weighted by atomic mass is 9.76. The summed E-state index contributed by atoms with van der Waals surface area (Å²) < 4.78 is 17.8. The Morgan fingerprint density at radius 1 is 1.08 bits per heavy atom. The van der Waals surface area contributed by atoms with Crippen LogP contribution in [0.3, 0.4) is 0 Å². The van der Waals surface area contributed by atoms with E-state index in [9.17, 15) is 14.3 Å². The number of hydrogen-bond donors (Lipinski definition) is 2. The summed E-state index contributed by atoms with van der Waals surface area (Å²) in [7, 11) is 1.66. The molecule has 1 aliphatic carbocycles. The Morgan fingerprint density at radius 2 is 1.74 bits per heavy atom. The van der Waals surface area contributed by atoms with Crippen LogP contribution >= 0.6 is 11.6 Å². The molecule has 0 radical (unpaired) electrons. The molecule has 2 unspecified atom stereocenters. The number of halogens is 2. The number of benzene rings is 2. The summed E-state index contributed by atoms with van der Waals surface area (Å²) in [5, 5.41) is 11.6. The van der Waals surface area contributed by atoms with Gasteiger partial charge in [-0.15, -0.1) is 0 Å². The zero-order valence-electron chi connectivity index (χ0n) is 21.9. The maximum atomic E-state index is 14.9. The number of aromatic nitrogens is 3. The first kappa shape index (κ1) is 25.6. The Balaban J connectivity index is 1.35. The highest BCUT2D eigenvalue weighted by Gasteiger charge is 2.50. The number of rotatable bonds is 5. The Kier molecular flexibility index (Phi) is 6.27. The molecule has 2 fully saturated rings. The molecule has 1 saturated heterocycles. The van der Waals surface area contributed by atoms with Crippen LogP contribution in [0.4, 0.5) is 10.2 Å². The van der Waals surface area contributed by atoms with Crippen molar-refractivity contribution < 1.29 is 9.50 Å². The molecule has 7 nitrogen and oxygen atoms in total. The lowest BCUT2D eigenvalue weighted by molar-refractivity contribution is 0.206. The third kappa shape index (κ3) is 4.22. The monoisotopic (exact) mass is 547 g/mol. The predicted molar refractivity (Wildman–Crippen MR) is 152 cm³/mol. The first-order valence-corrected chi connectivity index (χ1v) is 13.6. The number of nitrogens with zero attached hydrogens (tertiary/aromatic N) is 4. The molecule has 3 N–H and O–H groups in total. The third-order valence-electron chi connectivity index (χ3n) is 8.80. The number of nitrogens with two attached hydrogens (primary N) is 1. The number of aromatic hydroxyl groups is 1. The van der Waals surface area contributed by atoms with Crippen LogP contribution in [0.1, 0.15) is 26.2 Å². The quantitative estimate of drug-likeness (QED) is 0.351. The van der Waals surface area contributed by atoms with E-state index in [1.165, 1.54) is 21.3 Å². The summed E-state index contributed by atoms with van der Waals surface area (Å²) in [5.74, 6) is 1.09. The van der Waals surface area contributed by atoms with Crippen molar-refractivity contribution in [2.75, 3.05) is 18.0 Å². The van der Waals surface area contributed by atoms with Crippen molar-refractivity contribution in [2.45, 2.75) is 31.7 Å². The van der Waals surface area contributed by atoms with Crippen molar-refractivity contribution >= 4 is 17.4 Å². The Labute approximate surface area is 231 Å². The van der Waals surface area contributed by atoms with Gasteiger partial charge in [-0.1, -0.05) is 24.6 Å². The standard InChI is InChI=1S/C30H31ClFN5O2/c1-3-30(33)20-5-6-21(30)17-36(16-20)27-13-19(8-9-34-27)24-15-22(32)14-23(28(24)38)18-4-7-26(25(31)12-18)37-11-10-35(2)29(37)39/h4,7-15,20-21,38H,3,5-6,16-17,33H2,1-2H3. The smallest absolute Gasteiger partial charge is 0.332 e. The molecule has 3 heterocycles. The van der Waals surface area contributed by atoms with Gasteiger partial charge < -0.3 is 20.3 Å². The lowest BCUT2D eigenvalue weighted by Gasteiger charge is -2.45. The van der Waals surface area contributed by atoms with Crippen molar-refractivity contribution in [1.82, 2.24) is 14.1 Å². The number of phenolic OH excluding ortho intramolecular Hbond substituents is 1. The van der Waals surface area contributed by atoms with E-state index in [-0.39, 0.29) is 17.0 Å². The van der Waals surface area contributed by atoms with Gasteiger partial charge in [-0.25, -0.2) is 14.2 Å². The van der Waals surface area contributed by atoms with Crippen molar-refractivity contribution in [1.29, 1.82) is 0 Å². The number of anilines is 1. The fraction of sp³-hybridized carbons (Fsp3) is 0.333. The average molecular weight is 548 g/mol. The van der Waals surface area contributed by atoms with Crippen LogP contribution in [0.25, 0.3) is 27.9 Å². The minimum absolute atomic E-state index is 0.0556. The second-order valence-electron chi connectivity index (χ2n) is 10.8. The first-order chi connectivity index (χ1) is 18.7. The maximum absolute atomic E-state index is 14.9. The number of piperidine rings is 1. The fourth-order valence-corrected chi connectivity index (χ4v) is 6.75. The van der Waals surface area contributed by atoms with E-state index < -0.39 is 5.82 Å². The minimum Gasteiger partial charge on any atom is -0.507 e. The van der Waals surface area contributed by atoms with Crippen LogP contribution in [-0.2, 0) is 7.05 Å². The van der Waals surface area contributed by atoms with E-state index in [1.54, 1.807) is 49.9 Å². The number of pyridine rings is 1. The summed E-state index contributed by atoms with van der Waals surface area (Å²) >= 11 is 6.54. The van der Waals surface area contributed by atoms with E-state index in [4.69, 9.17) is 17.3 Å². The second-order valence-corrected chi connectivity index (χ2v) is 11.2. The highest BCUT2D eigenvalue weighted by atomic mass is 35.5.